The van der Waals surface area contributed by atoms with Crippen LogP contribution in [0.25, 0.3) is 5.65 Å². The summed E-state index contributed by atoms with van der Waals surface area (Å²) in [5.41, 5.74) is 3.25. The Kier molecular flexibility index (Phi) is 7.90. The number of nitrogens with zero attached hydrogens (tertiary/aromatic N) is 4. The first-order valence-corrected chi connectivity index (χ1v) is 8.67. The van der Waals surface area contributed by atoms with E-state index in [-0.39, 0.29) is 24.0 Å². The number of ether oxygens (including phenoxy) is 1. The molecule has 144 valence electrons. The molecule has 7 heteroatoms. The van der Waals surface area contributed by atoms with Gasteiger partial charge in [0.05, 0.1) is 12.8 Å². The number of methoxy groups -OCH3 is 1. The Hall–Kier alpha value is -2.29. The quantitative estimate of drug-likeness (QED) is 0.335. The maximum absolute atomic E-state index is 5.20. The van der Waals surface area contributed by atoms with Gasteiger partial charge in [-0.05, 0) is 29.8 Å². The van der Waals surface area contributed by atoms with Gasteiger partial charge in [-0.3, -0.25) is 4.99 Å². The van der Waals surface area contributed by atoms with Crippen LogP contribution in [0.1, 0.15) is 11.3 Å². The summed E-state index contributed by atoms with van der Waals surface area (Å²) in [6.45, 7) is 1.56. The van der Waals surface area contributed by atoms with Gasteiger partial charge in [0.1, 0.15) is 11.4 Å². The van der Waals surface area contributed by atoms with Gasteiger partial charge >= 0.3 is 0 Å². The summed E-state index contributed by atoms with van der Waals surface area (Å²) < 4.78 is 7.24. The van der Waals surface area contributed by atoms with Crippen LogP contribution >= 0.6 is 24.0 Å². The maximum Gasteiger partial charge on any atom is 0.193 e. The van der Waals surface area contributed by atoms with Crippen LogP contribution in [-0.2, 0) is 13.0 Å². The Morgan fingerprint density at radius 1 is 1.22 bits per heavy atom. The number of aliphatic imine (C=N–C) groups is 1. The van der Waals surface area contributed by atoms with Crippen molar-refractivity contribution in [3.05, 3.63) is 66.1 Å². The van der Waals surface area contributed by atoms with Crippen molar-refractivity contribution in [1.82, 2.24) is 19.6 Å². The van der Waals surface area contributed by atoms with Gasteiger partial charge in [0.25, 0.3) is 0 Å². The molecule has 0 unspecified atom stereocenters. The molecule has 0 aliphatic heterocycles. The number of pyridine rings is 1. The number of benzene rings is 1. The van der Waals surface area contributed by atoms with E-state index in [1.54, 1.807) is 14.2 Å². The van der Waals surface area contributed by atoms with Crippen molar-refractivity contribution in [3.63, 3.8) is 0 Å². The second-order valence-corrected chi connectivity index (χ2v) is 6.13. The zero-order valence-corrected chi connectivity index (χ0v) is 18.3. The van der Waals surface area contributed by atoms with Gasteiger partial charge in [-0.25, -0.2) is 4.98 Å². The van der Waals surface area contributed by atoms with E-state index in [0.29, 0.717) is 0 Å². The van der Waals surface area contributed by atoms with Gasteiger partial charge < -0.3 is 19.4 Å². The van der Waals surface area contributed by atoms with Crippen molar-refractivity contribution in [2.75, 3.05) is 27.7 Å². The molecule has 3 rings (SSSR count). The highest BCUT2D eigenvalue weighted by molar-refractivity contribution is 14.0. The standard InChI is InChI=1S/C20H25N5O.HI/c1-21-20(24(2)14-16-7-9-18(26-3)10-8-16)22-12-11-17-15-25-13-5-4-6-19(25)23-17;/h4-10,13,15H,11-12,14H2,1-3H3,(H,21,22);1H. The van der Waals surface area contributed by atoms with Gasteiger partial charge in [-0.15, -0.1) is 24.0 Å². The van der Waals surface area contributed by atoms with Crippen LogP contribution < -0.4 is 10.1 Å². The molecule has 27 heavy (non-hydrogen) atoms. The maximum atomic E-state index is 5.20. The van der Waals surface area contributed by atoms with Crippen molar-refractivity contribution in [1.29, 1.82) is 0 Å². The van der Waals surface area contributed by atoms with Crippen molar-refractivity contribution >= 4 is 35.6 Å². The molecule has 0 aliphatic carbocycles. The number of imidazole rings is 1. The molecule has 0 bridgehead atoms. The fourth-order valence-corrected chi connectivity index (χ4v) is 2.87. The fourth-order valence-electron chi connectivity index (χ4n) is 2.87. The summed E-state index contributed by atoms with van der Waals surface area (Å²) >= 11 is 0. The van der Waals surface area contributed by atoms with Crippen LogP contribution in [0.2, 0.25) is 0 Å². The minimum atomic E-state index is 0. The van der Waals surface area contributed by atoms with Crippen molar-refractivity contribution in [3.8, 4) is 5.75 Å². The highest BCUT2D eigenvalue weighted by Gasteiger charge is 2.07. The molecule has 0 spiro atoms. The zero-order valence-electron chi connectivity index (χ0n) is 15.9. The van der Waals surface area contributed by atoms with Crippen LogP contribution in [0, 0.1) is 0 Å². The molecule has 0 atom stereocenters. The first kappa shape index (κ1) is 21.0. The molecule has 2 aromatic heterocycles. The molecular weight excluding hydrogens is 453 g/mol. The summed E-state index contributed by atoms with van der Waals surface area (Å²) in [7, 11) is 5.51. The van der Waals surface area contributed by atoms with Gasteiger partial charge in [-0.2, -0.15) is 0 Å². The number of nitrogens with one attached hydrogen (secondary N) is 1. The van der Waals surface area contributed by atoms with Gasteiger partial charge in [0.2, 0.25) is 0 Å². The third-order valence-electron chi connectivity index (χ3n) is 4.23. The summed E-state index contributed by atoms with van der Waals surface area (Å²) in [5, 5.41) is 3.41. The zero-order chi connectivity index (χ0) is 18.4. The predicted octanol–water partition coefficient (Wildman–Crippen LogP) is 3.21. The number of aromatic nitrogens is 2. The summed E-state index contributed by atoms with van der Waals surface area (Å²) in [4.78, 5) is 11.1. The number of guanidine groups is 1. The van der Waals surface area contributed by atoms with Crippen molar-refractivity contribution in [2.45, 2.75) is 13.0 Å². The van der Waals surface area contributed by atoms with Crippen LogP contribution in [0.5, 0.6) is 5.75 Å². The van der Waals surface area contributed by atoms with E-state index in [4.69, 9.17) is 4.74 Å². The molecule has 0 amide bonds. The third-order valence-corrected chi connectivity index (χ3v) is 4.23. The average molecular weight is 479 g/mol. The molecule has 1 N–H and O–H groups in total. The lowest BCUT2D eigenvalue weighted by molar-refractivity contribution is 0.414. The van der Waals surface area contributed by atoms with Gasteiger partial charge in [0, 0.05) is 46.0 Å². The Labute approximate surface area is 177 Å². The molecule has 6 nitrogen and oxygen atoms in total. The van der Waals surface area contributed by atoms with Gasteiger partial charge in [0.15, 0.2) is 5.96 Å². The number of rotatable bonds is 6. The summed E-state index contributed by atoms with van der Waals surface area (Å²) in [6.07, 6.45) is 4.93. The summed E-state index contributed by atoms with van der Waals surface area (Å²) in [5.74, 6) is 1.73. The normalized spacial score (nSPS) is 11.1. The lowest BCUT2D eigenvalue weighted by Gasteiger charge is -2.22. The van der Waals surface area contributed by atoms with Crippen LogP contribution in [0.3, 0.4) is 0 Å². The molecular formula is C20H26IN5O. The highest BCUT2D eigenvalue weighted by Crippen LogP contribution is 2.12. The minimum absolute atomic E-state index is 0. The molecule has 2 heterocycles. The monoisotopic (exact) mass is 479 g/mol. The topological polar surface area (TPSA) is 54.2 Å². The lowest BCUT2D eigenvalue weighted by atomic mass is 10.2. The molecule has 0 aliphatic rings. The van der Waals surface area contributed by atoms with E-state index >= 15 is 0 Å². The van der Waals surface area contributed by atoms with E-state index in [2.05, 4.69) is 38.5 Å². The Bertz CT molecular complexity index is 842. The number of hydrogen-bond acceptors (Lipinski definition) is 3. The Morgan fingerprint density at radius 2 is 2.00 bits per heavy atom. The van der Waals surface area contributed by atoms with Crippen LogP contribution in [0.4, 0.5) is 0 Å². The number of fused-ring (bicyclic) bond motifs is 1. The fraction of sp³-hybridized carbons (Fsp3) is 0.300. The largest absolute Gasteiger partial charge is 0.497 e. The molecule has 0 saturated heterocycles. The Balaban J connectivity index is 0.00000261. The van der Waals surface area contributed by atoms with E-state index in [9.17, 15) is 0 Å². The second-order valence-electron chi connectivity index (χ2n) is 6.13. The number of halogens is 1. The van der Waals surface area contributed by atoms with Crippen LogP contribution in [0.15, 0.2) is 59.9 Å². The third kappa shape index (κ3) is 5.59. The first-order valence-electron chi connectivity index (χ1n) is 8.67. The molecule has 3 aromatic rings. The predicted molar refractivity (Wildman–Crippen MR) is 120 cm³/mol. The summed E-state index contributed by atoms with van der Waals surface area (Å²) in [6, 6.07) is 14.1. The van der Waals surface area contributed by atoms with Crippen molar-refractivity contribution < 1.29 is 4.74 Å². The smallest absolute Gasteiger partial charge is 0.193 e. The lowest BCUT2D eigenvalue weighted by Crippen LogP contribution is -2.39. The van der Waals surface area contributed by atoms with Crippen molar-refractivity contribution in [2.24, 2.45) is 4.99 Å². The average Bonchev–Trinajstić information content (AvgIpc) is 3.08. The second kappa shape index (κ2) is 10.1. The molecule has 1 aromatic carbocycles. The van der Waals surface area contributed by atoms with Gasteiger partial charge in [-0.1, -0.05) is 18.2 Å². The SMILES string of the molecule is CN=C(NCCc1cn2ccccc2n1)N(C)Cc1ccc(OC)cc1.I. The molecule has 0 radical (unpaired) electrons. The number of hydrogen-bond donors (Lipinski definition) is 1. The van der Waals surface area contributed by atoms with Crippen LogP contribution in [-0.4, -0.2) is 48.0 Å². The van der Waals surface area contributed by atoms with E-state index in [1.807, 2.05) is 48.0 Å². The molecule has 0 saturated carbocycles. The Morgan fingerprint density at radius 3 is 2.67 bits per heavy atom. The van der Waals surface area contributed by atoms with E-state index in [0.717, 1.165) is 42.6 Å². The highest BCUT2D eigenvalue weighted by atomic mass is 127. The molecule has 0 fully saturated rings. The van der Waals surface area contributed by atoms with E-state index < -0.39 is 0 Å². The minimum Gasteiger partial charge on any atom is -0.497 e. The first-order chi connectivity index (χ1) is 12.7. The van der Waals surface area contributed by atoms with E-state index in [1.165, 1.54) is 5.56 Å².